The molecule has 0 saturated carbocycles. The van der Waals surface area contributed by atoms with Crippen molar-refractivity contribution in [1.82, 2.24) is 10.6 Å². The predicted molar refractivity (Wildman–Crippen MR) is 110 cm³/mol. The number of halogens is 3. The fourth-order valence-corrected chi connectivity index (χ4v) is 3.75. The fourth-order valence-electron chi connectivity index (χ4n) is 3.75. The summed E-state index contributed by atoms with van der Waals surface area (Å²) in [6.07, 6.45) is -2.32. The third-order valence-electron chi connectivity index (χ3n) is 5.67. The van der Waals surface area contributed by atoms with Gasteiger partial charge in [0.25, 0.3) is 0 Å². The number of nitrogens with one attached hydrogen (secondary N) is 2. The lowest BCUT2D eigenvalue weighted by Gasteiger charge is -2.32. The number of rotatable bonds is 6. The molecule has 1 aliphatic heterocycles. The topological polar surface area (TPSA) is 93.7 Å². The quantitative estimate of drug-likeness (QED) is 0.497. The van der Waals surface area contributed by atoms with E-state index in [0.717, 1.165) is 44.3 Å². The average Bonchev–Trinajstić information content (AvgIpc) is 2.97. The van der Waals surface area contributed by atoms with Crippen LogP contribution in [0.3, 0.4) is 0 Å². The van der Waals surface area contributed by atoms with Crippen molar-refractivity contribution in [2.45, 2.75) is 64.1 Å². The lowest BCUT2D eigenvalue weighted by Crippen LogP contribution is -2.48. The van der Waals surface area contributed by atoms with Crippen molar-refractivity contribution in [2.75, 3.05) is 13.1 Å². The SMILES string of the molecule is CCC1(c2cccc(OC(=O)NC(C(=O)OC(=O)C(F)(F)F)C(C)C)c2)CCCCNC1. The Hall–Kier alpha value is -2.62. The molecule has 178 valence electrons. The molecule has 1 aromatic carbocycles. The highest BCUT2D eigenvalue weighted by molar-refractivity contribution is 5.92. The molecule has 2 N–H and O–H groups in total. The number of benzene rings is 1. The van der Waals surface area contributed by atoms with Crippen LogP contribution in [0.15, 0.2) is 24.3 Å². The Morgan fingerprint density at radius 2 is 1.94 bits per heavy atom. The van der Waals surface area contributed by atoms with Crippen molar-refractivity contribution in [3.05, 3.63) is 29.8 Å². The molecule has 0 radical (unpaired) electrons. The number of carbonyl (C=O) groups excluding carboxylic acids is 3. The first-order chi connectivity index (χ1) is 15.0. The van der Waals surface area contributed by atoms with Crippen molar-refractivity contribution < 1.29 is 37.0 Å². The molecular weight excluding hydrogens is 429 g/mol. The summed E-state index contributed by atoms with van der Waals surface area (Å²) in [7, 11) is 0. The number of ether oxygens (including phenoxy) is 2. The summed E-state index contributed by atoms with van der Waals surface area (Å²) in [6.45, 7) is 6.82. The standard InChI is InChI=1S/C22H29F3N2O5/c1-4-21(10-5-6-11-26-13-21)15-8-7-9-16(12-15)31-20(30)27-17(14(2)3)18(28)32-19(29)22(23,24)25/h7-9,12,14,17,26H,4-6,10-11,13H2,1-3H3,(H,27,30). The van der Waals surface area contributed by atoms with Gasteiger partial charge in [-0.2, -0.15) is 13.2 Å². The van der Waals surface area contributed by atoms with Gasteiger partial charge < -0.3 is 20.1 Å². The molecule has 32 heavy (non-hydrogen) atoms. The third-order valence-corrected chi connectivity index (χ3v) is 5.67. The zero-order chi connectivity index (χ0) is 23.9. The van der Waals surface area contributed by atoms with Gasteiger partial charge in [-0.15, -0.1) is 0 Å². The zero-order valence-corrected chi connectivity index (χ0v) is 18.4. The maximum atomic E-state index is 12.4. The fraction of sp³-hybridized carbons (Fsp3) is 0.591. The molecule has 0 aromatic heterocycles. The Labute approximate surface area is 185 Å². The first kappa shape index (κ1) is 25.6. The van der Waals surface area contributed by atoms with Crippen molar-refractivity contribution in [3.63, 3.8) is 0 Å². The molecule has 2 unspecified atom stereocenters. The van der Waals surface area contributed by atoms with E-state index in [1.807, 2.05) is 6.07 Å². The number of esters is 2. The van der Waals surface area contributed by atoms with E-state index in [0.29, 0.717) is 0 Å². The highest BCUT2D eigenvalue weighted by atomic mass is 19.4. The minimum absolute atomic E-state index is 0.103. The van der Waals surface area contributed by atoms with Crippen molar-refractivity contribution in [1.29, 1.82) is 0 Å². The van der Waals surface area contributed by atoms with E-state index in [9.17, 15) is 27.6 Å². The van der Waals surface area contributed by atoms with Gasteiger partial charge in [0.15, 0.2) is 0 Å². The normalized spacial score (nSPS) is 20.2. The summed E-state index contributed by atoms with van der Waals surface area (Å²) in [6, 6.07) is 5.57. The summed E-state index contributed by atoms with van der Waals surface area (Å²) in [5.74, 6) is -4.57. The first-order valence-electron chi connectivity index (χ1n) is 10.6. The van der Waals surface area contributed by atoms with Gasteiger partial charge in [-0.05, 0) is 49.4 Å². The van der Waals surface area contributed by atoms with Crippen LogP contribution in [0.2, 0.25) is 0 Å². The van der Waals surface area contributed by atoms with E-state index in [1.54, 1.807) is 18.2 Å². The van der Waals surface area contributed by atoms with E-state index in [4.69, 9.17) is 4.74 Å². The van der Waals surface area contributed by atoms with Gasteiger partial charge in [-0.25, -0.2) is 14.4 Å². The molecule has 1 fully saturated rings. The molecule has 0 bridgehead atoms. The summed E-state index contributed by atoms with van der Waals surface area (Å²) >= 11 is 0. The predicted octanol–water partition coefficient (Wildman–Crippen LogP) is 3.85. The Morgan fingerprint density at radius 1 is 1.22 bits per heavy atom. The summed E-state index contributed by atoms with van der Waals surface area (Å²) in [5.41, 5.74) is 0.907. The smallest absolute Gasteiger partial charge is 0.410 e. The van der Waals surface area contributed by atoms with Crippen LogP contribution >= 0.6 is 0 Å². The van der Waals surface area contributed by atoms with Gasteiger partial charge in [-0.3, -0.25) is 0 Å². The number of hydrogen-bond acceptors (Lipinski definition) is 6. The monoisotopic (exact) mass is 458 g/mol. The van der Waals surface area contributed by atoms with Crippen LogP contribution in [0.1, 0.15) is 52.0 Å². The number of carbonyl (C=O) groups is 3. The molecule has 1 aliphatic rings. The molecule has 7 nitrogen and oxygen atoms in total. The zero-order valence-electron chi connectivity index (χ0n) is 18.4. The molecule has 1 heterocycles. The lowest BCUT2D eigenvalue weighted by atomic mass is 9.74. The Morgan fingerprint density at radius 3 is 2.56 bits per heavy atom. The molecule has 2 atom stereocenters. The number of alkyl halides is 3. The first-order valence-corrected chi connectivity index (χ1v) is 10.6. The van der Waals surface area contributed by atoms with E-state index in [2.05, 4.69) is 22.3 Å². The van der Waals surface area contributed by atoms with Crippen molar-refractivity contribution in [3.8, 4) is 5.75 Å². The Kier molecular flexibility index (Phi) is 8.65. The minimum atomic E-state index is -5.32. The van der Waals surface area contributed by atoms with Crippen LogP contribution in [0.25, 0.3) is 0 Å². The molecule has 0 spiro atoms. The number of hydrogen-bond donors (Lipinski definition) is 2. The van der Waals surface area contributed by atoms with Crippen molar-refractivity contribution in [2.24, 2.45) is 5.92 Å². The van der Waals surface area contributed by atoms with Crippen LogP contribution < -0.4 is 15.4 Å². The van der Waals surface area contributed by atoms with Crippen LogP contribution in [0.5, 0.6) is 5.75 Å². The van der Waals surface area contributed by atoms with Gasteiger partial charge in [0.05, 0.1) is 0 Å². The van der Waals surface area contributed by atoms with Gasteiger partial charge in [0.2, 0.25) is 0 Å². The van der Waals surface area contributed by atoms with Gasteiger partial charge in [-0.1, -0.05) is 39.3 Å². The molecule has 2 rings (SSSR count). The Bertz CT molecular complexity index is 818. The highest BCUT2D eigenvalue weighted by Crippen LogP contribution is 2.36. The average molecular weight is 458 g/mol. The van der Waals surface area contributed by atoms with Crippen LogP contribution in [0, 0.1) is 5.92 Å². The van der Waals surface area contributed by atoms with Gasteiger partial charge in [0, 0.05) is 12.0 Å². The lowest BCUT2D eigenvalue weighted by molar-refractivity contribution is -0.202. The molecule has 10 heteroatoms. The molecule has 0 aliphatic carbocycles. The summed E-state index contributed by atoms with van der Waals surface area (Å²) < 4.78 is 46.2. The molecular formula is C22H29F3N2O5. The second-order valence-electron chi connectivity index (χ2n) is 8.26. The van der Waals surface area contributed by atoms with E-state index >= 15 is 0 Å². The van der Waals surface area contributed by atoms with Crippen LogP contribution in [-0.2, 0) is 19.7 Å². The highest BCUT2D eigenvalue weighted by Gasteiger charge is 2.44. The largest absolute Gasteiger partial charge is 0.491 e. The molecule has 1 amide bonds. The van der Waals surface area contributed by atoms with E-state index in [1.165, 1.54) is 13.8 Å². The van der Waals surface area contributed by atoms with E-state index < -0.39 is 36.2 Å². The number of amides is 1. The van der Waals surface area contributed by atoms with Crippen molar-refractivity contribution >= 4 is 18.0 Å². The second-order valence-corrected chi connectivity index (χ2v) is 8.26. The summed E-state index contributed by atoms with van der Waals surface area (Å²) in [5, 5.41) is 5.63. The van der Waals surface area contributed by atoms with Gasteiger partial charge in [0.1, 0.15) is 11.8 Å². The van der Waals surface area contributed by atoms with Crippen LogP contribution in [0.4, 0.5) is 18.0 Å². The maximum Gasteiger partial charge on any atom is 0.491 e. The Balaban J connectivity index is 2.10. The third kappa shape index (κ3) is 6.69. The van der Waals surface area contributed by atoms with Crippen LogP contribution in [-0.4, -0.2) is 43.3 Å². The molecule has 1 saturated heterocycles. The second kappa shape index (κ2) is 10.8. The summed E-state index contributed by atoms with van der Waals surface area (Å²) in [4.78, 5) is 35.3. The minimum Gasteiger partial charge on any atom is -0.410 e. The van der Waals surface area contributed by atoms with Gasteiger partial charge >= 0.3 is 24.2 Å². The maximum absolute atomic E-state index is 12.4. The molecule has 1 aromatic rings. The van der Waals surface area contributed by atoms with E-state index in [-0.39, 0.29) is 11.2 Å².